The number of ketones is 1. The zero-order valence-electron chi connectivity index (χ0n) is 12.3. The summed E-state index contributed by atoms with van der Waals surface area (Å²) in [6.07, 6.45) is 6.17. The molecule has 1 aromatic carbocycles. The average Bonchev–Trinajstić information content (AvgIpc) is 2.66. The minimum Gasteiger partial charge on any atom is -0.298 e. The van der Waals surface area contributed by atoms with Crippen LogP contribution in [0.3, 0.4) is 0 Å². The van der Waals surface area contributed by atoms with Gasteiger partial charge in [-0.15, -0.1) is 0 Å². The van der Waals surface area contributed by atoms with Crippen molar-refractivity contribution in [1.29, 1.82) is 0 Å². The van der Waals surface area contributed by atoms with Crippen LogP contribution in [0.5, 0.6) is 0 Å². The van der Waals surface area contributed by atoms with Gasteiger partial charge in [-0.2, -0.15) is 0 Å². The van der Waals surface area contributed by atoms with E-state index in [1.54, 1.807) is 18.2 Å². The molecule has 1 aliphatic heterocycles. The lowest BCUT2D eigenvalue weighted by Crippen LogP contribution is -2.38. The second-order valence-electron chi connectivity index (χ2n) is 5.69. The molecule has 110 valence electrons. The maximum absolute atomic E-state index is 13.6. The predicted octanol–water partition coefficient (Wildman–Crippen LogP) is 3.59. The van der Waals surface area contributed by atoms with Gasteiger partial charge in [0.15, 0.2) is 5.78 Å². The van der Waals surface area contributed by atoms with Gasteiger partial charge in [0.2, 0.25) is 0 Å². The van der Waals surface area contributed by atoms with Gasteiger partial charge in [0.05, 0.1) is 6.54 Å². The maximum atomic E-state index is 13.6. The smallest absolute Gasteiger partial charge is 0.151 e. The van der Waals surface area contributed by atoms with Gasteiger partial charge in [0, 0.05) is 12.5 Å². The molecular weight excluding hydrogens is 253 g/mol. The summed E-state index contributed by atoms with van der Waals surface area (Å²) in [4.78, 5) is 14.5. The van der Waals surface area contributed by atoms with Crippen molar-refractivity contribution >= 4 is 5.78 Å². The number of rotatable bonds is 5. The monoisotopic (exact) mass is 277 g/mol. The standard InChI is InChI=1S/C17H24FNO/c1-2-15-9-4-3-7-11-19(15)13-16(20)12-14-8-5-6-10-17(14)18/h5-6,8,10,15H,2-4,7,9,11-13H2,1H3. The second-order valence-corrected chi connectivity index (χ2v) is 5.69. The molecule has 2 rings (SSSR count). The Bertz CT molecular complexity index is 446. The number of carbonyl (C=O) groups excluding carboxylic acids is 1. The molecule has 1 saturated heterocycles. The predicted molar refractivity (Wildman–Crippen MR) is 79.2 cm³/mol. The molecular formula is C17H24FNO. The highest BCUT2D eigenvalue weighted by Crippen LogP contribution is 2.19. The van der Waals surface area contributed by atoms with Gasteiger partial charge in [-0.3, -0.25) is 9.69 Å². The van der Waals surface area contributed by atoms with Crippen molar-refractivity contribution in [2.24, 2.45) is 0 Å². The summed E-state index contributed by atoms with van der Waals surface area (Å²) < 4.78 is 13.6. The van der Waals surface area contributed by atoms with Crippen molar-refractivity contribution < 1.29 is 9.18 Å². The number of hydrogen-bond donors (Lipinski definition) is 0. The van der Waals surface area contributed by atoms with Gasteiger partial charge in [0.25, 0.3) is 0 Å². The van der Waals surface area contributed by atoms with E-state index in [0.29, 0.717) is 18.2 Å². The Morgan fingerprint density at radius 2 is 2.10 bits per heavy atom. The summed E-state index contributed by atoms with van der Waals surface area (Å²) >= 11 is 0. The molecule has 1 fully saturated rings. The number of carbonyl (C=O) groups is 1. The first-order chi connectivity index (χ1) is 9.70. The highest BCUT2D eigenvalue weighted by molar-refractivity contribution is 5.82. The van der Waals surface area contributed by atoms with Gasteiger partial charge in [-0.05, 0) is 37.4 Å². The van der Waals surface area contributed by atoms with Crippen LogP contribution in [0.25, 0.3) is 0 Å². The summed E-state index contributed by atoms with van der Waals surface area (Å²) in [6, 6.07) is 7.08. The summed E-state index contributed by atoms with van der Waals surface area (Å²) in [7, 11) is 0. The third-order valence-electron chi connectivity index (χ3n) is 4.20. The Hall–Kier alpha value is -1.22. The molecule has 0 aromatic heterocycles. The van der Waals surface area contributed by atoms with Crippen LogP contribution in [0.4, 0.5) is 4.39 Å². The second kappa shape index (κ2) is 7.53. The first-order valence-corrected chi connectivity index (χ1v) is 7.70. The van der Waals surface area contributed by atoms with Crippen LogP contribution in [0.1, 0.15) is 44.6 Å². The summed E-state index contributed by atoms with van der Waals surface area (Å²) in [6.45, 7) is 3.65. The first kappa shape index (κ1) is 15.2. The molecule has 0 bridgehead atoms. The van der Waals surface area contributed by atoms with E-state index in [9.17, 15) is 9.18 Å². The lowest BCUT2D eigenvalue weighted by atomic mass is 10.1. The van der Waals surface area contributed by atoms with Crippen LogP contribution in [-0.4, -0.2) is 29.8 Å². The maximum Gasteiger partial charge on any atom is 0.151 e. The molecule has 1 aliphatic rings. The van der Waals surface area contributed by atoms with Gasteiger partial charge >= 0.3 is 0 Å². The molecule has 2 nitrogen and oxygen atoms in total. The van der Waals surface area contributed by atoms with Gasteiger partial charge in [-0.1, -0.05) is 38.0 Å². The Morgan fingerprint density at radius 1 is 1.30 bits per heavy atom. The van der Waals surface area contributed by atoms with E-state index in [0.717, 1.165) is 13.0 Å². The van der Waals surface area contributed by atoms with Crippen LogP contribution in [0.2, 0.25) is 0 Å². The van der Waals surface area contributed by atoms with Crippen molar-refractivity contribution in [3.63, 3.8) is 0 Å². The molecule has 0 saturated carbocycles. The van der Waals surface area contributed by atoms with Crippen LogP contribution < -0.4 is 0 Å². The van der Waals surface area contributed by atoms with Gasteiger partial charge in [-0.25, -0.2) is 4.39 Å². The Morgan fingerprint density at radius 3 is 2.85 bits per heavy atom. The van der Waals surface area contributed by atoms with Crippen molar-refractivity contribution in [2.45, 2.75) is 51.5 Å². The molecule has 1 unspecified atom stereocenters. The van der Waals surface area contributed by atoms with Gasteiger partial charge < -0.3 is 0 Å². The van der Waals surface area contributed by atoms with E-state index in [1.165, 1.54) is 31.7 Å². The van der Waals surface area contributed by atoms with E-state index >= 15 is 0 Å². The normalized spacial score (nSPS) is 20.6. The fourth-order valence-corrected chi connectivity index (χ4v) is 3.04. The molecule has 20 heavy (non-hydrogen) atoms. The molecule has 0 N–H and O–H groups in total. The number of benzene rings is 1. The van der Waals surface area contributed by atoms with E-state index in [2.05, 4.69) is 11.8 Å². The Balaban J connectivity index is 1.94. The van der Waals surface area contributed by atoms with Crippen molar-refractivity contribution in [3.8, 4) is 0 Å². The minimum atomic E-state index is -0.274. The summed E-state index contributed by atoms with van der Waals surface area (Å²) in [5, 5.41) is 0. The highest BCUT2D eigenvalue weighted by atomic mass is 19.1. The molecule has 0 spiro atoms. The Labute approximate surface area is 121 Å². The third kappa shape index (κ3) is 4.14. The minimum absolute atomic E-state index is 0.121. The van der Waals surface area contributed by atoms with Crippen LogP contribution in [-0.2, 0) is 11.2 Å². The summed E-state index contributed by atoms with van der Waals surface area (Å²) in [5.74, 6) is -0.154. The molecule has 0 aliphatic carbocycles. The summed E-state index contributed by atoms with van der Waals surface area (Å²) in [5.41, 5.74) is 0.514. The average molecular weight is 277 g/mol. The van der Waals surface area contributed by atoms with Crippen molar-refractivity contribution in [1.82, 2.24) is 4.90 Å². The van der Waals surface area contributed by atoms with Crippen LogP contribution in [0, 0.1) is 5.82 Å². The van der Waals surface area contributed by atoms with Crippen molar-refractivity contribution in [3.05, 3.63) is 35.6 Å². The quantitative estimate of drug-likeness (QED) is 0.819. The van der Waals surface area contributed by atoms with E-state index in [4.69, 9.17) is 0 Å². The van der Waals surface area contributed by atoms with Crippen LogP contribution >= 0.6 is 0 Å². The fraction of sp³-hybridized carbons (Fsp3) is 0.588. The molecule has 1 heterocycles. The SMILES string of the molecule is CCC1CCCCCN1CC(=O)Cc1ccccc1F. The molecule has 3 heteroatoms. The van der Waals surface area contributed by atoms with E-state index < -0.39 is 0 Å². The topological polar surface area (TPSA) is 20.3 Å². The van der Waals surface area contributed by atoms with Crippen LogP contribution in [0.15, 0.2) is 24.3 Å². The molecule has 0 radical (unpaired) electrons. The molecule has 1 aromatic rings. The molecule has 1 atom stereocenters. The lowest BCUT2D eigenvalue weighted by Gasteiger charge is -2.28. The largest absolute Gasteiger partial charge is 0.298 e. The number of likely N-dealkylation sites (tertiary alicyclic amines) is 1. The third-order valence-corrected chi connectivity index (χ3v) is 4.20. The molecule has 0 amide bonds. The van der Waals surface area contributed by atoms with E-state index in [1.807, 2.05) is 0 Å². The number of nitrogens with zero attached hydrogens (tertiary/aromatic N) is 1. The first-order valence-electron chi connectivity index (χ1n) is 7.70. The number of halogens is 1. The zero-order chi connectivity index (χ0) is 14.4. The fourth-order valence-electron chi connectivity index (χ4n) is 3.04. The number of hydrogen-bond acceptors (Lipinski definition) is 2. The van der Waals surface area contributed by atoms with E-state index in [-0.39, 0.29) is 18.0 Å². The zero-order valence-corrected chi connectivity index (χ0v) is 12.3. The highest BCUT2D eigenvalue weighted by Gasteiger charge is 2.21. The Kier molecular flexibility index (Phi) is 5.72. The number of Topliss-reactive ketones (excluding diaryl/α,β-unsaturated/α-hetero) is 1. The van der Waals surface area contributed by atoms with Crippen molar-refractivity contribution in [2.75, 3.05) is 13.1 Å². The lowest BCUT2D eigenvalue weighted by molar-refractivity contribution is -0.120. The van der Waals surface area contributed by atoms with Gasteiger partial charge in [0.1, 0.15) is 5.82 Å².